The van der Waals surface area contributed by atoms with E-state index in [-0.39, 0.29) is 17.9 Å². The van der Waals surface area contributed by atoms with Crippen LogP contribution in [-0.4, -0.2) is 37.1 Å². The van der Waals surface area contributed by atoms with Gasteiger partial charge in [-0.2, -0.15) is 0 Å². The lowest BCUT2D eigenvalue weighted by Gasteiger charge is -2.17. The Morgan fingerprint density at radius 3 is 2.85 bits per heavy atom. The van der Waals surface area contributed by atoms with Crippen LogP contribution in [0, 0.1) is 12.8 Å². The van der Waals surface area contributed by atoms with E-state index in [4.69, 9.17) is 16.3 Å². The second-order valence-corrected chi connectivity index (χ2v) is 5.26. The highest BCUT2D eigenvalue weighted by atomic mass is 35.5. The molecule has 6 heteroatoms. The van der Waals surface area contributed by atoms with Crippen molar-refractivity contribution in [1.82, 2.24) is 4.90 Å². The molecule has 1 aromatic rings. The van der Waals surface area contributed by atoms with Crippen molar-refractivity contribution in [3.63, 3.8) is 0 Å². The Morgan fingerprint density at radius 1 is 1.45 bits per heavy atom. The number of likely N-dealkylation sites (tertiary alicyclic amines) is 1. The number of methoxy groups -OCH3 is 1. The number of ether oxygens (including phenoxy) is 1. The third kappa shape index (κ3) is 3.22. The molecule has 0 radical (unpaired) electrons. The number of nitrogens with one attached hydrogen (secondary N) is 1. The number of halogens is 1. The molecule has 1 aliphatic rings. The molecule has 1 atom stereocenters. The summed E-state index contributed by atoms with van der Waals surface area (Å²) in [5.74, 6) is -0.494. The summed E-state index contributed by atoms with van der Waals surface area (Å²) in [6.45, 7) is 2.83. The zero-order valence-corrected chi connectivity index (χ0v) is 12.2. The molecular weight excluding hydrogens is 280 g/mol. The van der Waals surface area contributed by atoms with Crippen LogP contribution in [0.2, 0.25) is 5.02 Å². The highest BCUT2D eigenvalue weighted by molar-refractivity contribution is 6.31. The van der Waals surface area contributed by atoms with E-state index in [2.05, 4.69) is 5.32 Å². The van der Waals surface area contributed by atoms with E-state index in [0.29, 0.717) is 30.2 Å². The van der Waals surface area contributed by atoms with E-state index in [9.17, 15) is 9.59 Å². The number of esters is 1. The molecule has 2 rings (SSSR count). The van der Waals surface area contributed by atoms with Crippen LogP contribution in [0.25, 0.3) is 0 Å². The van der Waals surface area contributed by atoms with Gasteiger partial charge in [-0.05, 0) is 31.0 Å². The van der Waals surface area contributed by atoms with Crippen LogP contribution in [0.3, 0.4) is 0 Å². The first-order valence-electron chi connectivity index (χ1n) is 6.41. The Morgan fingerprint density at radius 2 is 2.20 bits per heavy atom. The number of hydrogen-bond acceptors (Lipinski definition) is 3. The molecule has 0 spiro atoms. The third-order valence-electron chi connectivity index (χ3n) is 3.43. The van der Waals surface area contributed by atoms with Gasteiger partial charge in [-0.3, -0.25) is 4.79 Å². The number of carbonyl (C=O) groups is 2. The minimum absolute atomic E-state index is 0.226. The van der Waals surface area contributed by atoms with E-state index in [1.807, 2.05) is 13.0 Å². The van der Waals surface area contributed by atoms with E-state index >= 15 is 0 Å². The summed E-state index contributed by atoms with van der Waals surface area (Å²) in [4.78, 5) is 25.1. The SMILES string of the molecule is COC(=O)C1CCN(C(=O)Nc2ccc(C)c(Cl)c2)C1. The summed E-state index contributed by atoms with van der Waals surface area (Å²) >= 11 is 6.01. The minimum Gasteiger partial charge on any atom is -0.469 e. The van der Waals surface area contributed by atoms with Crippen LogP contribution in [0.1, 0.15) is 12.0 Å². The van der Waals surface area contributed by atoms with Gasteiger partial charge in [-0.25, -0.2) is 4.79 Å². The lowest BCUT2D eigenvalue weighted by molar-refractivity contribution is -0.144. The highest BCUT2D eigenvalue weighted by Gasteiger charge is 2.31. The molecule has 0 aromatic heterocycles. The Kier molecular flexibility index (Phi) is 4.49. The molecule has 2 amide bonds. The number of aryl methyl sites for hydroxylation is 1. The van der Waals surface area contributed by atoms with E-state index in [1.165, 1.54) is 7.11 Å². The fraction of sp³-hybridized carbons (Fsp3) is 0.429. The second-order valence-electron chi connectivity index (χ2n) is 4.85. The predicted molar refractivity (Wildman–Crippen MR) is 76.9 cm³/mol. The van der Waals surface area contributed by atoms with Gasteiger partial charge in [0.15, 0.2) is 0 Å². The Bertz CT molecular complexity index is 533. The minimum atomic E-state index is -0.265. The first kappa shape index (κ1) is 14.7. The largest absolute Gasteiger partial charge is 0.469 e. The standard InChI is InChI=1S/C14H17ClN2O3/c1-9-3-4-11(7-12(9)15)16-14(19)17-6-5-10(8-17)13(18)20-2/h3-4,7,10H,5-6,8H2,1-2H3,(H,16,19). The monoisotopic (exact) mass is 296 g/mol. The van der Waals surface area contributed by atoms with Crippen molar-refractivity contribution in [2.75, 3.05) is 25.5 Å². The zero-order valence-electron chi connectivity index (χ0n) is 11.5. The quantitative estimate of drug-likeness (QED) is 0.854. The molecule has 1 aliphatic heterocycles. The summed E-state index contributed by atoms with van der Waals surface area (Å²) in [5, 5.41) is 3.39. The van der Waals surface area contributed by atoms with Gasteiger partial charge in [-0.15, -0.1) is 0 Å². The summed E-state index contributed by atoms with van der Waals surface area (Å²) in [5.41, 5.74) is 1.60. The van der Waals surface area contributed by atoms with Crippen LogP contribution in [0.5, 0.6) is 0 Å². The third-order valence-corrected chi connectivity index (χ3v) is 3.84. The van der Waals surface area contributed by atoms with E-state index < -0.39 is 0 Å². The normalized spacial score (nSPS) is 17.9. The lowest BCUT2D eigenvalue weighted by atomic mass is 10.1. The van der Waals surface area contributed by atoms with Crippen molar-refractivity contribution in [1.29, 1.82) is 0 Å². The van der Waals surface area contributed by atoms with Crippen molar-refractivity contribution in [2.45, 2.75) is 13.3 Å². The molecule has 20 heavy (non-hydrogen) atoms. The average molecular weight is 297 g/mol. The van der Waals surface area contributed by atoms with Crippen LogP contribution in [0.15, 0.2) is 18.2 Å². The number of amides is 2. The number of nitrogens with zero attached hydrogens (tertiary/aromatic N) is 1. The van der Waals surface area contributed by atoms with Crippen LogP contribution >= 0.6 is 11.6 Å². The Hall–Kier alpha value is -1.75. The smallest absolute Gasteiger partial charge is 0.321 e. The van der Waals surface area contributed by atoms with Gasteiger partial charge in [0.05, 0.1) is 13.0 Å². The van der Waals surface area contributed by atoms with Gasteiger partial charge in [-0.1, -0.05) is 17.7 Å². The molecule has 1 saturated heterocycles. The van der Waals surface area contributed by atoms with Crippen molar-refractivity contribution >= 4 is 29.3 Å². The maximum absolute atomic E-state index is 12.1. The summed E-state index contributed by atoms with van der Waals surface area (Å²) in [6, 6.07) is 5.13. The van der Waals surface area contributed by atoms with Crippen molar-refractivity contribution < 1.29 is 14.3 Å². The van der Waals surface area contributed by atoms with Crippen LogP contribution in [0.4, 0.5) is 10.5 Å². The van der Waals surface area contributed by atoms with Gasteiger partial charge in [0, 0.05) is 23.8 Å². The van der Waals surface area contributed by atoms with E-state index in [1.54, 1.807) is 17.0 Å². The van der Waals surface area contributed by atoms with Gasteiger partial charge >= 0.3 is 12.0 Å². The van der Waals surface area contributed by atoms with Crippen molar-refractivity contribution in [3.05, 3.63) is 28.8 Å². The van der Waals surface area contributed by atoms with Gasteiger partial charge < -0.3 is 15.0 Å². The maximum Gasteiger partial charge on any atom is 0.321 e. The molecule has 0 saturated carbocycles. The topological polar surface area (TPSA) is 58.6 Å². The van der Waals surface area contributed by atoms with Crippen LogP contribution < -0.4 is 5.32 Å². The summed E-state index contributed by atoms with van der Waals surface area (Å²) in [7, 11) is 1.36. The number of benzene rings is 1. The van der Waals surface area contributed by atoms with Gasteiger partial charge in [0.1, 0.15) is 0 Å². The van der Waals surface area contributed by atoms with Crippen molar-refractivity contribution in [3.8, 4) is 0 Å². The molecule has 1 aromatic carbocycles. The predicted octanol–water partition coefficient (Wildman–Crippen LogP) is 2.68. The summed E-state index contributed by atoms with van der Waals surface area (Å²) < 4.78 is 4.69. The molecule has 1 heterocycles. The second kappa shape index (κ2) is 6.13. The summed E-state index contributed by atoms with van der Waals surface area (Å²) in [6.07, 6.45) is 0.634. The number of anilines is 1. The molecule has 108 valence electrons. The van der Waals surface area contributed by atoms with Crippen molar-refractivity contribution in [2.24, 2.45) is 5.92 Å². The molecule has 0 bridgehead atoms. The van der Waals surface area contributed by atoms with Gasteiger partial charge in [0.25, 0.3) is 0 Å². The molecule has 1 N–H and O–H groups in total. The fourth-order valence-electron chi connectivity index (χ4n) is 2.18. The number of urea groups is 1. The maximum atomic E-state index is 12.1. The average Bonchev–Trinajstić information content (AvgIpc) is 2.92. The number of hydrogen-bond donors (Lipinski definition) is 1. The molecule has 1 fully saturated rings. The fourth-order valence-corrected chi connectivity index (χ4v) is 2.36. The zero-order chi connectivity index (χ0) is 14.7. The molecule has 0 aliphatic carbocycles. The Balaban J connectivity index is 1.96. The van der Waals surface area contributed by atoms with E-state index in [0.717, 1.165) is 5.56 Å². The first-order valence-corrected chi connectivity index (χ1v) is 6.79. The highest BCUT2D eigenvalue weighted by Crippen LogP contribution is 2.22. The first-order chi connectivity index (χ1) is 9.51. The molecule has 5 nitrogen and oxygen atoms in total. The number of rotatable bonds is 2. The van der Waals surface area contributed by atoms with Gasteiger partial charge in [0.2, 0.25) is 0 Å². The lowest BCUT2D eigenvalue weighted by Crippen LogP contribution is -2.33. The van der Waals surface area contributed by atoms with Crippen LogP contribution in [-0.2, 0) is 9.53 Å². The number of carbonyl (C=O) groups excluding carboxylic acids is 2. The molecule has 1 unspecified atom stereocenters. The molecular formula is C14H17ClN2O3. The Labute approximate surface area is 122 Å².